The van der Waals surface area contributed by atoms with Gasteiger partial charge in [-0.05, 0) is 0 Å². The summed E-state index contributed by atoms with van der Waals surface area (Å²) in [5.41, 5.74) is 0. The zero-order valence-electron chi connectivity index (χ0n) is 7.55. The molecule has 0 aliphatic carbocycles. The fourth-order valence-electron chi connectivity index (χ4n) is 0. The number of carboxylic acid groups (broad SMARTS) is 8. The molecule has 0 aliphatic heterocycles. The van der Waals surface area contributed by atoms with E-state index in [1.807, 2.05) is 0 Å². The average molecular weight is 272 g/mol. The Kier molecular flexibility index (Phi) is 40.0. The van der Waals surface area contributed by atoms with E-state index in [0.717, 1.165) is 0 Å². The van der Waals surface area contributed by atoms with E-state index in [2.05, 4.69) is 0 Å². The van der Waals surface area contributed by atoms with Crippen LogP contribution in [-0.2, 0) is 0 Å². The van der Waals surface area contributed by atoms with E-state index in [9.17, 15) is 0 Å². The van der Waals surface area contributed by atoms with Crippen LogP contribution in [0.5, 0.6) is 0 Å². The Hall–Kier alpha value is -2.70. The van der Waals surface area contributed by atoms with Crippen molar-refractivity contribution in [2.24, 2.45) is 0 Å². The van der Waals surface area contributed by atoms with Gasteiger partial charge in [-0.1, -0.05) is 0 Å². The predicted octanol–water partition coefficient (Wildman–Crippen LogP) is -4.83. The first kappa shape index (κ1) is 29.2. The van der Waals surface area contributed by atoms with Gasteiger partial charge >= 0.3 is 11.0 Å². The second-order valence-electron chi connectivity index (χ2n) is 1.06. The topological polar surface area (TPSA) is 241 Å². The van der Waals surface area contributed by atoms with E-state index in [-0.39, 0.29) is 11.0 Å². The molecule has 0 aromatic heterocycles. The molecule has 0 saturated carbocycles. The van der Waals surface area contributed by atoms with Crippen molar-refractivity contribution in [3.8, 4) is 0 Å². The third-order valence-corrected chi connectivity index (χ3v) is 0. The Balaban J connectivity index is -0.0000000369. The number of carbonyl (C=O) groups is 4. The summed E-state index contributed by atoms with van der Waals surface area (Å²) in [5.74, 6) is 0. The molecule has 0 aromatic carbocycles. The molecule has 0 atom stereocenters. The second kappa shape index (κ2) is 23.3. The van der Waals surface area contributed by atoms with Gasteiger partial charge in [0.25, 0.3) is 0 Å². The minimum atomic E-state index is -2.08. The van der Waals surface area contributed by atoms with Crippen LogP contribution in [0.3, 0.4) is 0 Å². The van der Waals surface area contributed by atoms with Gasteiger partial charge in [-0.3, -0.25) is 0 Å². The molecule has 0 aromatic rings. The summed E-state index contributed by atoms with van der Waals surface area (Å²) in [5, 5.41) is 61.2. The molecule has 4 N–H and O–H groups in total. The van der Waals surface area contributed by atoms with E-state index in [1.165, 1.54) is 0 Å². The monoisotopic (exact) mass is 272 g/mol. The van der Waals surface area contributed by atoms with E-state index >= 15 is 0 Å². The van der Waals surface area contributed by atoms with Crippen molar-refractivity contribution < 1.29 is 60.0 Å². The summed E-state index contributed by atoms with van der Waals surface area (Å²) < 4.78 is 0. The normalized spacial score (nSPS) is 5.65. The maximum atomic E-state index is 8.44. The van der Waals surface area contributed by atoms with Gasteiger partial charge in [-0.2, -0.15) is 0 Å². The SMILES string of the molecule is O=C([O-])O.O=C([O-])O.O=C([O-])O.O=C([O-])O.[Si+4]. The number of rotatable bonds is 0. The molecular weight excluding hydrogens is 268 g/mol. The van der Waals surface area contributed by atoms with Crippen molar-refractivity contribution in [3.05, 3.63) is 0 Å². The maximum Gasteiger partial charge on any atom is 4.00 e. The molecule has 0 spiro atoms. The average Bonchev–Trinajstić information content (AvgIpc) is 1.76. The second-order valence-corrected chi connectivity index (χ2v) is 1.06. The van der Waals surface area contributed by atoms with Gasteiger partial charge in [-0.15, -0.1) is 0 Å². The molecule has 0 heterocycles. The third-order valence-electron chi connectivity index (χ3n) is 0. The van der Waals surface area contributed by atoms with Crippen molar-refractivity contribution in [3.63, 3.8) is 0 Å². The van der Waals surface area contributed by atoms with E-state index < -0.39 is 24.6 Å². The van der Waals surface area contributed by atoms with Crippen LogP contribution in [0.1, 0.15) is 0 Å². The van der Waals surface area contributed by atoms with E-state index in [1.54, 1.807) is 0 Å². The minimum absolute atomic E-state index is 0. The summed E-state index contributed by atoms with van der Waals surface area (Å²) in [4.78, 5) is 33.8. The molecule has 17 heavy (non-hydrogen) atoms. The van der Waals surface area contributed by atoms with Crippen LogP contribution in [-0.4, -0.2) is 56.0 Å². The Morgan fingerprint density at radius 2 is 0.529 bits per heavy atom. The summed E-state index contributed by atoms with van der Waals surface area (Å²) in [7, 11) is 0. The summed E-state index contributed by atoms with van der Waals surface area (Å²) >= 11 is 0. The molecule has 0 rings (SSSR count). The van der Waals surface area contributed by atoms with Crippen molar-refractivity contribution in [1.29, 1.82) is 0 Å². The molecule has 12 nitrogen and oxygen atoms in total. The molecule has 0 fully saturated rings. The van der Waals surface area contributed by atoms with Crippen molar-refractivity contribution >= 4 is 35.6 Å². The quantitative estimate of drug-likeness (QED) is 0.303. The largest absolute Gasteiger partial charge is 4.00 e. The van der Waals surface area contributed by atoms with Crippen LogP contribution in [0.25, 0.3) is 0 Å². The molecule has 96 valence electrons. The van der Waals surface area contributed by atoms with Crippen LogP contribution in [0, 0.1) is 0 Å². The van der Waals surface area contributed by atoms with Crippen LogP contribution in [0.4, 0.5) is 19.2 Å². The molecule has 0 aliphatic rings. The van der Waals surface area contributed by atoms with Crippen molar-refractivity contribution in [1.82, 2.24) is 0 Å². The zero-order chi connectivity index (χ0) is 14.3. The van der Waals surface area contributed by atoms with E-state index in [4.69, 9.17) is 60.0 Å². The summed E-state index contributed by atoms with van der Waals surface area (Å²) in [6, 6.07) is 0. The van der Waals surface area contributed by atoms with E-state index in [0.29, 0.717) is 0 Å². The van der Waals surface area contributed by atoms with Crippen LogP contribution >= 0.6 is 0 Å². The molecule has 13 heteroatoms. The molecule has 0 radical (unpaired) electrons. The summed E-state index contributed by atoms with van der Waals surface area (Å²) in [6.07, 6.45) is -8.33. The fraction of sp³-hybridized carbons (Fsp3) is 0. The predicted molar refractivity (Wildman–Crippen MR) is 37.9 cm³/mol. The van der Waals surface area contributed by atoms with Crippen LogP contribution in [0.15, 0.2) is 0 Å². The third kappa shape index (κ3) is 232. The number of hydrogen-bond acceptors (Lipinski definition) is 8. The van der Waals surface area contributed by atoms with Gasteiger partial charge < -0.3 is 60.0 Å². The molecular formula is C4H4O12Si. The van der Waals surface area contributed by atoms with Crippen molar-refractivity contribution in [2.45, 2.75) is 0 Å². The first-order valence-electron chi connectivity index (χ1n) is 2.53. The fourth-order valence-corrected chi connectivity index (χ4v) is 0. The standard InChI is InChI=1S/4CH2O3.Si/c4*2-1(3)4;/h4*(H2,2,3,4);/q;;;;+4/p-4. The molecule has 0 saturated heterocycles. The smallest absolute Gasteiger partial charge is 0.565 e. The maximum absolute atomic E-state index is 8.44. The van der Waals surface area contributed by atoms with Gasteiger partial charge in [0.05, 0.1) is 0 Å². The van der Waals surface area contributed by atoms with Gasteiger partial charge in [0.1, 0.15) is 0 Å². The first-order chi connectivity index (χ1) is 6.93. The molecule has 0 unspecified atom stereocenters. The van der Waals surface area contributed by atoms with Gasteiger partial charge in [0.2, 0.25) is 24.6 Å². The molecule has 0 bridgehead atoms. The Morgan fingerprint density at radius 1 is 0.529 bits per heavy atom. The summed E-state index contributed by atoms with van der Waals surface area (Å²) in [6.45, 7) is 0. The zero-order valence-corrected chi connectivity index (χ0v) is 8.55. The van der Waals surface area contributed by atoms with Crippen LogP contribution in [0.2, 0.25) is 0 Å². The van der Waals surface area contributed by atoms with Crippen LogP contribution < -0.4 is 20.4 Å². The van der Waals surface area contributed by atoms with Gasteiger partial charge in [-0.25, -0.2) is 0 Å². The Labute approximate surface area is 96.6 Å². The van der Waals surface area contributed by atoms with Gasteiger partial charge in [0.15, 0.2) is 0 Å². The van der Waals surface area contributed by atoms with Crippen molar-refractivity contribution in [2.75, 3.05) is 0 Å². The molecule has 0 amide bonds. The number of hydrogen-bond donors (Lipinski definition) is 4. The Bertz CT molecular complexity index is 159. The Morgan fingerprint density at radius 3 is 0.529 bits per heavy atom. The minimum Gasteiger partial charge on any atom is -0.565 e. The van der Waals surface area contributed by atoms with Gasteiger partial charge in [0, 0.05) is 0 Å². The first-order valence-corrected chi connectivity index (χ1v) is 2.53.